The zero-order chi connectivity index (χ0) is 10.3. The molecule has 2 aliphatic carbocycles. The first-order chi connectivity index (χ1) is 7.34. The zero-order valence-electron chi connectivity index (χ0n) is 8.91. The van der Waals surface area contributed by atoms with Gasteiger partial charge in [-0.2, -0.15) is 0 Å². The molecule has 0 spiro atoms. The molecule has 1 saturated carbocycles. The first-order valence-electron chi connectivity index (χ1n) is 5.88. The Hall–Kier alpha value is -1.02. The molecule has 0 heterocycles. The van der Waals surface area contributed by atoms with Crippen molar-refractivity contribution in [2.75, 3.05) is 0 Å². The van der Waals surface area contributed by atoms with Gasteiger partial charge in [-0.05, 0) is 43.7 Å². The van der Waals surface area contributed by atoms with Crippen molar-refractivity contribution in [3.63, 3.8) is 0 Å². The van der Waals surface area contributed by atoms with E-state index in [2.05, 4.69) is 18.2 Å². The van der Waals surface area contributed by atoms with Crippen molar-refractivity contribution < 1.29 is 4.74 Å². The molecule has 0 aliphatic heterocycles. The molecule has 1 unspecified atom stereocenters. The fourth-order valence-corrected chi connectivity index (χ4v) is 2.45. The molecule has 80 valence electrons. The van der Waals surface area contributed by atoms with E-state index in [4.69, 9.17) is 10.5 Å². The highest BCUT2D eigenvalue weighted by Gasteiger charge is 2.26. The van der Waals surface area contributed by atoms with Crippen molar-refractivity contribution in [3.8, 4) is 5.75 Å². The molecule has 0 bridgehead atoms. The Labute approximate surface area is 90.4 Å². The summed E-state index contributed by atoms with van der Waals surface area (Å²) in [6.07, 6.45) is 6.35. The monoisotopic (exact) mass is 203 g/mol. The van der Waals surface area contributed by atoms with E-state index in [-0.39, 0.29) is 6.04 Å². The van der Waals surface area contributed by atoms with Crippen molar-refractivity contribution in [2.45, 2.75) is 44.2 Å². The topological polar surface area (TPSA) is 35.2 Å². The predicted molar refractivity (Wildman–Crippen MR) is 60.0 cm³/mol. The molecule has 2 nitrogen and oxygen atoms in total. The molecule has 2 N–H and O–H groups in total. The van der Waals surface area contributed by atoms with Gasteiger partial charge in [-0.3, -0.25) is 0 Å². The van der Waals surface area contributed by atoms with Crippen LogP contribution < -0.4 is 10.5 Å². The maximum absolute atomic E-state index is 6.10. The van der Waals surface area contributed by atoms with Gasteiger partial charge in [0.25, 0.3) is 0 Å². The van der Waals surface area contributed by atoms with Crippen LogP contribution >= 0.6 is 0 Å². The number of aryl methyl sites for hydroxylation is 1. The maximum atomic E-state index is 6.10. The summed E-state index contributed by atoms with van der Waals surface area (Å²) in [5, 5.41) is 0. The summed E-state index contributed by atoms with van der Waals surface area (Å²) >= 11 is 0. The van der Waals surface area contributed by atoms with Gasteiger partial charge in [0, 0.05) is 11.6 Å². The first kappa shape index (κ1) is 9.22. The van der Waals surface area contributed by atoms with Gasteiger partial charge < -0.3 is 10.5 Å². The van der Waals surface area contributed by atoms with E-state index >= 15 is 0 Å². The number of ether oxygens (including phenoxy) is 1. The van der Waals surface area contributed by atoms with E-state index in [9.17, 15) is 0 Å². The summed E-state index contributed by atoms with van der Waals surface area (Å²) in [6, 6.07) is 6.53. The number of rotatable bonds is 2. The molecule has 0 radical (unpaired) electrons. The lowest BCUT2D eigenvalue weighted by Gasteiger charge is -2.28. The van der Waals surface area contributed by atoms with E-state index < -0.39 is 0 Å². The van der Waals surface area contributed by atoms with Crippen molar-refractivity contribution in [2.24, 2.45) is 5.73 Å². The quantitative estimate of drug-likeness (QED) is 0.801. The van der Waals surface area contributed by atoms with Crippen molar-refractivity contribution in [1.29, 1.82) is 0 Å². The SMILES string of the molecule is NC1CCc2cccc(OC3CCC3)c21. The van der Waals surface area contributed by atoms with Crippen LogP contribution in [0.4, 0.5) is 0 Å². The molecule has 1 aromatic carbocycles. The third-order valence-electron chi connectivity index (χ3n) is 3.60. The lowest BCUT2D eigenvalue weighted by atomic mass is 9.96. The summed E-state index contributed by atoms with van der Waals surface area (Å²) in [5.41, 5.74) is 8.76. The number of nitrogens with two attached hydrogens (primary N) is 1. The van der Waals surface area contributed by atoms with Crippen molar-refractivity contribution >= 4 is 0 Å². The fraction of sp³-hybridized carbons (Fsp3) is 0.538. The molecular formula is C13H17NO. The number of hydrogen-bond acceptors (Lipinski definition) is 2. The predicted octanol–water partition coefficient (Wildman–Crippen LogP) is 2.56. The minimum absolute atomic E-state index is 0.191. The van der Waals surface area contributed by atoms with Crippen LogP contribution in [-0.2, 0) is 6.42 Å². The van der Waals surface area contributed by atoms with Gasteiger partial charge in [0.05, 0.1) is 6.10 Å². The van der Waals surface area contributed by atoms with Crippen LogP contribution in [0.2, 0.25) is 0 Å². The molecule has 3 rings (SSSR count). The first-order valence-corrected chi connectivity index (χ1v) is 5.88. The molecule has 2 heteroatoms. The number of hydrogen-bond donors (Lipinski definition) is 1. The minimum Gasteiger partial charge on any atom is -0.490 e. The summed E-state index contributed by atoms with van der Waals surface area (Å²) < 4.78 is 5.98. The highest BCUT2D eigenvalue weighted by atomic mass is 16.5. The highest BCUT2D eigenvalue weighted by molar-refractivity contribution is 5.45. The second kappa shape index (κ2) is 3.53. The minimum atomic E-state index is 0.191. The largest absolute Gasteiger partial charge is 0.490 e. The van der Waals surface area contributed by atoms with E-state index in [1.54, 1.807) is 0 Å². The average molecular weight is 203 g/mol. The molecule has 0 saturated heterocycles. The molecule has 15 heavy (non-hydrogen) atoms. The van der Waals surface area contributed by atoms with Crippen LogP contribution in [0.25, 0.3) is 0 Å². The summed E-state index contributed by atoms with van der Waals surface area (Å²) in [6.45, 7) is 0. The molecule has 2 aliphatic rings. The molecule has 0 aromatic heterocycles. The standard InChI is InChI=1S/C13H17NO/c14-11-8-7-9-3-1-6-12(13(9)11)15-10-4-2-5-10/h1,3,6,10-11H,2,4-5,7-8,14H2. The Morgan fingerprint density at radius 3 is 2.80 bits per heavy atom. The second-order valence-electron chi connectivity index (χ2n) is 4.64. The third kappa shape index (κ3) is 1.53. The van der Waals surface area contributed by atoms with Crippen molar-refractivity contribution in [3.05, 3.63) is 29.3 Å². The Morgan fingerprint density at radius 1 is 1.20 bits per heavy atom. The van der Waals surface area contributed by atoms with E-state index in [1.807, 2.05) is 0 Å². The smallest absolute Gasteiger partial charge is 0.124 e. The van der Waals surface area contributed by atoms with Crippen LogP contribution in [-0.4, -0.2) is 6.10 Å². The fourth-order valence-electron chi connectivity index (χ4n) is 2.45. The lowest BCUT2D eigenvalue weighted by Crippen LogP contribution is -2.25. The Morgan fingerprint density at radius 2 is 2.07 bits per heavy atom. The van der Waals surface area contributed by atoms with E-state index in [0.29, 0.717) is 6.10 Å². The summed E-state index contributed by atoms with van der Waals surface area (Å²) in [7, 11) is 0. The third-order valence-corrected chi connectivity index (χ3v) is 3.60. The van der Waals surface area contributed by atoms with Crippen LogP contribution in [0.15, 0.2) is 18.2 Å². The van der Waals surface area contributed by atoms with Crippen LogP contribution in [0.1, 0.15) is 42.9 Å². The normalized spacial score (nSPS) is 24.7. The number of benzene rings is 1. The molecule has 1 atom stereocenters. The van der Waals surface area contributed by atoms with Crippen LogP contribution in [0.5, 0.6) is 5.75 Å². The zero-order valence-corrected chi connectivity index (χ0v) is 8.91. The maximum Gasteiger partial charge on any atom is 0.124 e. The number of fused-ring (bicyclic) bond motifs is 1. The summed E-state index contributed by atoms with van der Waals surface area (Å²) in [5.74, 6) is 1.04. The molecule has 1 fully saturated rings. The van der Waals surface area contributed by atoms with Gasteiger partial charge in [0.15, 0.2) is 0 Å². The van der Waals surface area contributed by atoms with Crippen molar-refractivity contribution in [1.82, 2.24) is 0 Å². The van der Waals surface area contributed by atoms with Gasteiger partial charge >= 0.3 is 0 Å². The Kier molecular flexibility index (Phi) is 2.17. The molecule has 0 amide bonds. The Balaban J connectivity index is 1.90. The van der Waals surface area contributed by atoms with Gasteiger partial charge in [0.1, 0.15) is 5.75 Å². The van der Waals surface area contributed by atoms with E-state index in [0.717, 1.165) is 18.6 Å². The Bertz CT molecular complexity index is 371. The second-order valence-corrected chi connectivity index (χ2v) is 4.64. The summed E-state index contributed by atoms with van der Waals surface area (Å²) in [4.78, 5) is 0. The molecule has 1 aromatic rings. The van der Waals surface area contributed by atoms with Gasteiger partial charge in [-0.1, -0.05) is 12.1 Å². The van der Waals surface area contributed by atoms with E-state index in [1.165, 1.54) is 30.4 Å². The van der Waals surface area contributed by atoms with Crippen LogP contribution in [0.3, 0.4) is 0 Å². The van der Waals surface area contributed by atoms with Gasteiger partial charge in [-0.25, -0.2) is 0 Å². The van der Waals surface area contributed by atoms with Gasteiger partial charge in [-0.15, -0.1) is 0 Å². The highest BCUT2D eigenvalue weighted by Crippen LogP contribution is 2.38. The lowest BCUT2D eigenvalue weighted by molar-refractivity contribution is 0.118. The van der Waals surface area contributed by atoms with Crippen LogP contribution in [0, 0.1) is 0 Å². The van der Waals surface area contributed by atoms with Gasteiger partial charge in [0.2, 0.25) is 0 Å². The molecular weight excluding hydrogens is 186 g/mol. The average Bonchev–Trinajstić information content (AvgIpc) is 2.55.